The highest BCUT2D eigenvalue weighted by molar-refractivity contribution is 6.32. The number of halogens is 2. The van der Waals surface area contributed by atoms with Crippen molar-refractivity contribution in [2.24, 2.45) is 0 Å². The Hall–Kier alpha value is -2.59. The molecule has 0 amide bonds. The largest absolute Gasteiger partial charge is 0.492 e. The fourth-order valence-electron chi connectivity index (χ4n) is 1.48. The summed E-state index contributed by atoms with van der Waals surface area (Å²) in [6.07, 6.45) is 0. The molecule has 0 aliphatic carbocycles. The van der Waals surface area contributed by atoms with Gasteiger partial charge in [-0.25, -0.2) is 9.36 Å². The van der Waals surface area contributed by atoms with E-state index in [2.05, 4.69) is 0 Å². The summed E-state index contributed by atoms with van der Waals surface area (Å²) in [5.74, 6) is -2.69. The number of hydrogen-bond acceptors (Lipinski definition) is 4. The van der Waals surface area contributed by atoms with E-state index in [0.717, 1.165) is 0 Å². The molecule has 96 valence electrons. The zero-order valence-electron chi connectivity index (χ0n) is 9.15. The Balaban J connectivity index is 2.88. The molecule has 2 rings (SSSR count). The van der Waals surface area contributed by atoms with Gasteiger partial charge >= 0.3 is 5.69 Å². The minimum absolute atomic E-state index is 0.00264. The average molecular weight is 282 g/mol. The van der Waals surface area contributed by atoms with E-state index in [-0.39, 0.29) is 16.3 Å². The van der Waals surface area contributed by atoms with Crippen LogP contribution in [0.25, 0.3) is 5.69 Å². The molecule has 2 aromatic rings. The Morgan fingerprint density at radius 1 is 1.42 bits per heavy atom. The van der Waals surface area contributed by atoms with E-state index in [1.807, 2.05) is 6.07 Å². The summed E-state index contributed by atoms with van der Waals surface area (Å²) in [4.78, 5) is 24.3. The van der Waals surface area contributed by atoms with E-state index >= 15 is 0 Å². The Morgan fingerprint density at radius 2 is 2.11 bits per heavy atom. The first-order chi connectivity index (χ1) is 8.95. The second-order valence-electron chi connectivity index (χ2n) is 3.51. The van der Waals surface area contributed by atoms with Crippen LogP contribution in [0.5, 0.6) is 5.88 Å². The molecule has 0 aliphatic rings. The highest BCUT2D eigenvalue weighted by Gasteiger charge is 2.17. The van der Waals surface area contributed by atoms with Crippen molar-refractivity contribution in [1.29, 1.82) is 5.26 Å². The SMILES string of the molecule is N#Cc1ccc(Cl)c(-n2c(O)c(F)c(=O)[nH]c2=O)c1. The molecule has 0 atom stereocenters. The lowest BCUT2D eigenvalue weighted by Crippen LogP contribution is -2.31. The monoisotopic (exact) mass is 281 g/mol. The molecule has 0 radical (unpaired) electrons. The number of aromatic nitrogens is 2. The Bertz CT molecular complexity index is 819. The Morgan fingerprint density at radius 3 is 2.74 bits per heavy atom. The van der Waals surface area contributed by atoms with Crippen LogP contribution in [0.2, 0.25) is 5.02 Å². The van der Waals surface area contributed by atoms with Crippen molar-refractivity contribution in [1.82, 2.24) is 9.55 Å². The van der Waals surface area contributed by atoms with Gasteiger partial charge in [0.25, 0.3) is 5.56 Å². The summed E-state index contributed by atoms with van der Waals surface area (Å²) < 4.78 is 13.8. The summed E-state index contributed by atoms with van der Waals surface area (Å²) in [6.45, 7) is 0. The third kappa shape index (κ3) is 2.09. The van der Waals surface area contributed by atoms with Gasteiger partial charge in [-0.1, -0.05) is 11.6 Å². The van der Waals surface area contributed by atoms with Gasteiger partial charge in [0.2, 0.25) is 11.7 Å². The number of benzene rings is 1. The third-order valence-electron chi connectivity index (χ3n) is 2.35. The molecule has 2 N–H and O–H groups in total. The maximum absolute atomic E-state index is 13.3. The topological polar surface area (TPSA) is 98.9 Å². The molecule has 1 aromatic heterocycles. The molecule has 0 spiro atoms. The molecule has 19 heavy (non-hydrogen) atoms. The van der Waals surface area contributed by atoms with E-state index in [0.29, 0.717) is 4.57 Å². The maximum Gasteiger partial charge on any atom is 0.335 e. The normalized spacial score (nSPS) is 10.2. The van der Waals surface area contributed by atoms with Crippen LogP contribution in [0.4, 0.5) is 4.39 Å². The zero-order chi connectivity index (χ0) is 14.2. The highest BCUT2D eigenvalue weighted by atomic mass is 35.5. The Labute approximate surface area is 109 Å². The van der Waals surface area contributed by atoms with Crippen molar-refractivity contribution >= 4 is 11.6 Å². The van der Waals surface area contributed by atoms with Crippen LogP contribution < -0.4 is 11.2 Å². The van der Waals surface area contributed by atoms with E-state index in [1.54, 1.807) is 4.98 Å². The number of nitrogens with one attached hydrogen (secondary N) is 1. The molecule has 0 saturated carbocycles. The van der Waals surface area contributed by atoms with Crippen molar-refractivity contribution < 1.29 is 9.50 Å². The molecular weight excluding hydrogens is 277 g/mol. The second-order valence-corrected chi connectivity index (χ2v) is 3.92. The summed E-state index contributed by atoms with van der Waals surface area (Å²) in [7, 11) is 0. The zero-order valence-corrected chi connectivity index (χ0v) is 9.90. The lowest BCUT2D eigenvalue weighted by atomic mass is 10.2. The molecule has 1 aromatic carbocycles. The van der Waals surface area contributed by atoms with Crippen LogP contribution >= 0.6 is 11.6 Å². The summed E-state index contributed by atoms with van der Waals surface area (Å²) in [5.41, 5.74) is -2.37. The first-order valence-electron chi connectivity index (χ1n) is 4.89. The van der Waals surface area contributed by atoms with E-state index in [9.17, 15) is 19.1 Å². The fraction of sp³-hybridized carbons (Fsp3) is 0. The van der Waals surface area contributed by atoms with Crippen LogP contribution in [0.15, 0.2) is 27.8 Å². The van der Waals surface area contributed by atoms with Crippen molar-refractivity contribution in [2.45, 2.75) is 0 Å². The van der Waals surface area contributed by atoms with Crippen LogP contribution in [-0.2, 0) is 0 Å². The van der Waals surface area contributed by atoms with Gasteiger partial charge in [-0.2, -0.15) is 9.65 Å². The molecule has 8 heteroatoms. The van der Waals surface area contributed by atoms with Gasteiger partial charge < -0.3 is 5.11 Å². The predicted molar refractivity (Wildman–Crippen MR) is 64.0 cm³/mol. The second kappa shape index (κ2) is 4.59. The van der Waals surface area contributed by atoms with E-state index < -0.39 is 22.9 Å². The smallest absolute Gasteiger partial charge is 0.335 e. The summed E-state index contributed by atoms with van der Waals surface area (Å²) >= 11 is 5.83. The number of nitrogens with zero attached hydrogens (tertiary/aromatic N) is 2. The number of aromatic amines is 1. The van der Waals surface area contributed by atoms with Gasteiger partial charge in [0.05, 0.1) is 22.3 Å². The Kier molecular flexibility index (Phi) is 3.10. The minimum Gasteiger partial charge on any atom is -0.492 e. The molecule has 0 aliphatic heterocycles. The average Bonchev–Trinajstić information content (AvgIpc) is 2.38. The molecule has 0 saturated heterocycles. The first-order valence-corrected chi connectivity index (χ1v) is 5.27. The number of H-pyrrole nitrogens is 1. The van der Waals surface area contributed by atoms with E-state index in [1.165, 1.54) is 18.2 Å². The number of hydrogen-bond donors (Lipinski definition) is 2. The van der Waals surface area contributed by atoms with Crippen LogP contribution in [0.1, 0.15) is 5.56 Å². The maximum atomic E-state index is 13.3. The van der Waals surface area contributed by atoms with Gasteiger partial charge in [-0.05, 0) is 18.2 Å². The lowest BCUT2D eigenvalue weighted by molar-refractivity contribution is 0.386. The minimum atomic E-state index is -1.52. The molecular formula is C11H5ClFN3O3. The fourth-order valence-corrected chi connectivity index (χ4v) is 1.68. The van der Waals surface area contributed by atoms with Crippen LogP contribution in [0.3, 0.4) is 0 Å². The number of aromatic hydroxyl groups is 1. The highest BCUT2D eigenvalue weighted by Crippen LogP contribution is 2.24. The van der Waals surface area contributed by atoms with Gasteiger partial charge in [0.1, 0.15) is 0 Å². The van der Waals surface area contributed by atoms with Crippen molar-refractivity contribution in [3.05, 3.63) is 55.4 Å². The summed E-state index contributed by atoms with van der Waals surface area (Å²) in [5, 5.41) is 18.3. The van der Waals surface area contributed by atoms with Crippen LogP contribution in [0, 0.1) is 17.1 Å². The van der Waals surface area contributed by atoms with Gasteiger partial charge in [-0.15, -0.1) is 0 Å². The molecule has 1 heterocycles. The van der Waals surface area contributed by atoms with E-state index in [4.69, 9.17) is 16.9 Å². The first kappa shape index (κ1) is 12.9. The van der Waals surface area contributed by atoms with Crippen molar-refractivity contribution in [2.75, 3.05) is 0 Å². The van der Waals surface area contributed by atoms with Gasteiger partial charge in [-0.3, -0.25) is 9.78 Å². The molecule has 0 fully saturated rings. The molecule has 0 bridgehead atoms. The van der Waals surface area contributed by atoms with Gasteiger partial charge in [0, 0.05) is 0 Å². The van der Waals surface area contributed by atoms with Crippen LogP contribution in [-0.4, -0.2) is 14.7 Å². The van der Waals surface area contributed by atoms with Crippen molar-refractivity contribution in [3.8, 4) is 17.6 Å². The quantitative estimate of drug-likeness (QED) is 0.811. The molecule has 0 unspecified atom stereocenters. The van der Waals surface area contributed by atoms with Crippen molar-refractivity contribution in [3.63, 3.8) is 0 Å². The molecule has 6 nitrogen and oxygen atoms in total. The predicted octanol–water partition coefficient (Wildman–Crippen LogP) is 0.896. The van der Waals surface area contributed by atoms with Gasteiger partial charge in [0.15, 0.2) is 0 Å². The standard InChI is InChI=1S/C11H5ClFN3O3/c12-6-2-1-5(4-14)3-7(6)16-10(18)8(13)9(17)15-11(16)19/h1-3,18H,(H,15,17,19). The number of nitriles is 1. The lowest BCUT2D eigenvalue weighted by Gasteiger charge is -2.09. The third-order valence-corrected chi connectivity index (χ3v) is 2.67. The number of rotatable bonds is 1. The summed E-state index contributed by atoms with van der Waals surface area (Å²) in [6, 6.07) is 5.68.